The number of aromatic nitrogens is 2. The van der Waals surface area contributed by atoms with Crippen LogP contribution in [-0.4, -0.2) is 60.0 Å². The van der Waals surface area contributed by atoms with Gasteiger partial charge in [0.1, 0.15) is 5.69 Å². The Morgan fingerprint density at radius 3 is 2.52 bits per heavy atom. The number of hydrogen-bond acceptors (Lipinski definition) is 6. The van der Waals surface area contributed by atoms with Gasteiger partial charge in [0.05, 0.1) is 23.2 Å². The normalized spacial score (nSPS) is 19.1. The topological polar surface area (TPSA) is 84.7 Å². The Morgan fingerprint density at radius 1 is 1.18 bits per heavy atom. The first-order valence-corrected chi connectivity index (χ1v) is 13.5. The smallest absolute Gasteiger partial charge is 0.316 e. The fourth-order valence-corrected chi connectivity index (χ4v) is 6.17. The Labute approximate surface area is 200 Å². The van der Waals surface area contributed by atoms with E-state index in [0.717, 1.165) is 25.7 Å². The number of piperazine rings is 1. The highest BCUT2D eigenvalue weighted by Crippen LogP contribution is 2.30. The van der Waals surface area contributed by atoms with Gasteiger partial charge in [-0.25, -0.2) is 8.42 Å². The minimum atomic E-state index is -3.32. The summed E-state index contributed by atoms with van der Waals surface area (Å²) in [6.45, 7) is 5.30. The lowest BCUT2D eigenvalue weighted by Gasteiger charge is -2.37. The molecule has 10 heteroatoms. The highest BCUT2D eigenvalue weighted by atomic mass is 35.5. The lowest BCUT2D eigenvalue weighted by atomic mass is 10.2. The molecule has 0 N–H and O–H groups in total. The zero-order valence-electron chi connectivity index (χ0n) is 19.1. The van der Waals surface area contributed by atoms with Crippen LogP contribution in [-0.2, 0) is 10.0 Å². The number of sulfonamides is 1. The third-order valence-electron chi connectivity index (χ3n) is 6.58. The molecular formula is C23H31ClN4O4S. The van der Waals surface area contributed by atoms with Crippen molar-refractivity contribution in [3.63, 3.8) is 0 Å². The van der Waals surface area contributed by atoms with Crippen LogP contribution in [0, 0.1) is 0 Å². The van der Waals surface area contributed by atoms with E-state index in [-0.39, 0.29) is 17.4 Å². The van der Waals surface area contributed by atoms with Crippen molar-refractivity contribution in [2.45, 2.75) is 57.3 Å². The Hall–Kier alpha value is -2.10. The van der Waals surface area contributed by atoms with Gasteiger partial charge in [0.25, 0.3) is 0 Å². The number of nitrogens with zero attached hydrogens (tertiary/aromatic N) is 4. The predicted molar refractivity (Wildman–Crippen MR) is 130 cm³/mol. The standard InChI is InChI=1S/C23H31ClN4O4S/c1-3-17(2)33(30,31)27-13-11-26(12-14-27)21-16-25-28(19-8-6-7-18(24)15-19)23(29)22(21)32-20-9-4-5-10-20/h6-8,15-17,20H,3-5,9-14H2,1-2H3. The molecule has 2 fully saturated rings. The third kappa shape index (κ3) is 5.05. The fraction of sp³-hybridized carbons (Fsp3) is 0.565. The van der Waals surface area contributed by atoms with E-state index in [2.05, 4.69) is 5.10 Å². The van der Waals surface area contributed by atoms with E-state index in [0.29, 0.717) is 49.0 Å². The minimum Gasteiger partial charge on any atom is -0.483 e. The van der Waals surface area contributed by atoms with Gasteiger partial charge in [-0.1, -0.05) is 24.6 Å². The van der Waals surface area contributed by atoms with Gasteiger partial charge >= 0.3 is 5.56 Å². The van der Waals surface area contributed by atoms with Crippen molar-refractivity contribution in [3.8, 4) is 11.4 Å². The molecule has 1 aliphatic heterocycles. The second kappa shape index (κ2) is 10.0. The molecule has 8 nitrogen and oxygen atoms in total. The van der Waals surface area contributed by atoms with Gasteiger partial charge in [0.2, 0.25) is 15.8 Å². The molecule has 1 saturated carbocycles. The first kappa shape index (κ1) is 24.0. The molecule has 1 saturated heterocycles. The number of ether oxygens (including phenoxy) is 1. The van der Waals surface area contributed by atoms with E-state index in [1.165, 1.54) is 4.68 Å². The van der Waals surface area contributed by atoms with E-state index >= 15 is 0 Å². The molecule has 1 atom stereocenters. The summed E-state index contributed by atoms with van der Waals surface area (Å²) < 4.78 is 34.6. The SMILES string of the molecule is CCC(C)S(=O)(=O)N1CCN(c2cnn(-c3cccc(Cl)c3)c(=O)c2OC2CCCC2)CC1. The van der Waals surface area contributed by atoms with E-state index in [1.54, 1.807) is 41.7 Å². The Kier molecular flexibility index (Phi) is 7.31. The molecule has 2 heterocycles. The van der Waals surface area contributed by atoms with Gasteiger partial charge < -0.3 is 9.64 Å². The van der Waals surface area contributed by atoms with Gasteiger partial charge in [-0.05, 0) is 57.2 Å². The molecule has 1 aromatic heterocycles. The zero-order chi connectivity index (χ0) is 23.6. The summed E-state index contributed by atoms with van der Waals surface area (Å²) in [7, 11) is -3.32. The van der Waals surface area contributed by atoms with E-state index in [4.69, 9.17) is 16.3 Å². The van der Waals surface area contributed by atoms with Crippen LogP contribution in [0.2, 0.25) is 5.02 Å². The van der Waals surface area contributed by atoms with Gasteiger partial charge in [0, 0.05) is 31.2 Å². The molecule has 1 aliphatic carbocycles. The molecule has 0 amide bonds. The van der Waals surface area contributed by atoms with Crippen LogP contribution in [0.15, 0.2) is 35.3 Å². The summed E-state index contributed by atoms with van der Waals surface area (Å²) in [4.78, 5) is 15.5. The predicted octanol–water partition coefficient (Wildman–Crippen LogP) is 3.46. The summed E-state index contributed by atoms with van der Waals surface area (Å²) in [6.07, 6.45) is 6.22. The highest BCUT2D eigenvalue weighted by Gasteiger charge is 2.32. The van der Waals surface area contributed by atoms with Gasteiger partial charge in [-0.3, -0.25) is 4.79 Å². The van der Waals surface area contributed by atoms with E-state index < -0.39 is 15.3 Å². The van der Waals surface area contributed by atoms with Crippen LogP contribution in [0.4, 0.5) is 5.69 Å². The summed E-state index contributed by atoms with van der Waals surface area (Å²) >= 11 is 6.12. The monoisotopic (exact) mass is 494 g/mol. The lowest BCUT2D eigenvalue weighted by Crippen LogP contribution is -2.51. The molecule has 0 radical (unpaired) electrons. The lowest BCUT2D eigenvalue weighted by molar-refractivity contribution is 0.205. The summed E-state index contributed by atoms with van der Waals surface area (Å²) in [5, 5.41) is 4.51. The second-order valence-corrected chi connectivity index (χ2v) is 11.5. The van der Waals surface area contributed by atoms with E-state index in [9.17, 15) is 13.2 Å². The van der Waals surface area contributed by atoms with Crippen molar-refractivity contribution >= 4 is 27.3 Å². The van der Waals surface area contributed by atoms with Crippen LogP contribution in [0.3, 0.4) is 0 Å². The first-order chi connectivity index (χ1) is 15.8. The maximum Gasteiger partial charge on any atom is 0.316 e. The Bertz CT molecular complexity index is 1140. The largest absolute Gasteiger partial charge is 0.483 e. The second-order valence-electron chi connectivity index (χ2n) is 8.73. The van der Waals surface area contributed by atoms with Gasteiger partial charge in [-0.2, -0.15) is 14.1 Å². The molecule has 0 bridgehead atoms. The molecule has 1 unspecified atom stereocenters. The van der Waals surface area contributed by atoms with Crippen LogP contribution < -0.4 is 15.2 Å². The summed E-state index contributed by atoms with van der Waals surface area (Å²) in [6, 6.07) is 6.98. The van der Waals surface area contributed by atoms with Gasteiger partial charge in [0.15, 0.2) is 0 Å². The van der Waals surface area contributed by atoms with E-state index in [1.807, 2.05) is 11.8 Å². The fourth-order valence-electron chi connectivity index (χ4n) is 4.38. The van der Waals surface area contributed by atoms with Crippen LogP contribution >= 0.6 is 11.6 Å². The van der Waals surface area contributed by atoms with Crippen molar-refractivity contribution < 1.29 is 13.2 Å². The molecule has 33 heavy (non-hydrogen) atoms. The van der Waals surface area contributed by atoms with Crippen LogP contribution in [0.25, 0.3) is 5.69 Å². The first-order valence-electron chi connectivity index (χ1n) is 11.6. The number of hydrogen-bond donors (Lipinski definition) is 0. The minimum absolute atomic E-state index is 0.00117. The number of halogens is 1. The highest BCUT2D eigenvalue weighted by molar-refractivity contribution is 7.89. The van der Waals surface area contributed by atoms with Crippen molar-refractivity contribution in [1.82, 2.24) is 14.1 Å². The van der Waals surface area contributed by atoms with Gasteiger partial charge in [-0.15, -0.1) is 0 Å². The molecule has 180 valence electrons. The number of anilines is 1. The summed E-state index contributed by atoms with van der Waals surface area (Å²) in [5.74, 6) is 0.273. The van der Waals surface area contributed by atoms with Crippen molar-refractivity contribution in [1.29, 1.82) is 0 Å². The molecule has 2 aliphatic rings. The molecule has 1 aromatic carbocycles. The number of benzene rings is 1. The number of rotatable bonds is 7. The van der Waals surface area contributed by atoms with Crippen molar-refractivity contribution in [2.75, 3.05) is 31.1 Å². The van der Waals surface area contributed by atoms with Crippen LogP contribution in [0.1, 0.15) is 46.0 Å². The average molecular weight is 495 g/mol. The molecular weight excluding hydrogens is 464 g/mol. The van der Waals surface area contributed by atoms with Crippen LogP contribution in [0.5, 0.6) is 5.75 Å². The van der Waals surface area contributed by atoms with Crippen molar-refractivity contribution in [2.24, 2.45) is 0 Å². The van der Waals surface area contributed by atoms with Crippen molar-refractivity contribution in [3.05, 3.63) is 45.8 Å². The zero-order valence-corrected chi connectivity index (χ0v) is 20.7. The Balaban J connectivity index is 1.64. The third-order valence-corrected chi connectivity index (χ3v) is 9.25. The quantitative estimate of drug-likeness (QED) is 0.586. The maximum absolute atomic E-state index is 13.5. The molecule has 2 aromatic rings. The average Bonchev–Trinajstić information content (AvgIpc) is 3.33. The molecule has 4 rings (SSSR count). The maximum atomic E-state index is 13.5. The summed E-state index contributed by atoms with van der Waals surface area (Å²) in [5.41, 5.74) is 0.849. The molecule has 0 spiro atoms. The Morgan fingerprint density at radius 2 is 1.88 bits per heavy atom.